The summed E-state index contributed by atoms with van der Waals surface area (Å²) >= 11 is 1.66. The van der Waals surface area contributed by atoms with E-state index in [4.69, 9.17) is 10.2 Å². The summed E-state index contributed by atoms with van der Waals surface area (Å²) in [7, 11) is 0. The Bertz CT molecular complexity index is 566. The number of aromatic nitrogens is 1. The van der Waals surface area contributed by atoms with Crippen molar-refractivity contribution >= 4 is 11.3 Å². The number of hydrogen-bond donors (Lipinski definition) is 1. The van der Waals surface area contributed by atoms with Crippen LogP contribution >= 0.6 is 11.3 Å². The Kier molecular flexibility index (Phi) is 3.13. The van der Waals surface area contributed by atoms with Crippen LogP contribution in [0.4, 0.5) is 0 Å². The van der Waals surface area contributed by atoms with Gasteiger partial charge in [0.1, 0.15) is 6.26 Å². The number of hydrogen-bond acceptors (Lipinski definition) is 5. The van der Waals surface area contributed by atoms with E-state index < -0.39 is 0 Å². The highest BCUT2D eigenvalue weighted by atomic mass is 32.1. The molecule has 4 nitrogen and oxygen atoms in total. The topological polar surface area (TPSA) is 55.3 Å². The molecular weight excluding hydrogens is 270 g/mol. The van der Waals surface area contributed by atoms with Crippen molar-refractivity contribution in [3.63, 3.8) is 0 Å². The molecule has 106 valence electrons. The molecule has 5 heteroatoms. The normalized spacial score (nSPS) is 29.9. The van der Waals surface area contributed by atoms with Crippen LogP contribution in [0.15, 0.2) is 28.2 Å². The van der Waals surface area contributed by atoms with Gasteiger partial charge in [0.15, 0.2) is 0 Å². The van der Waals surface area contributed by atoms with E-state index in [-0.39, 0.29) is 0 Å². The van der Waals surface area contributed by atoms with E-state index in [9.17, 15) is 0 Å². The molecule has 2 atom stereocenters. The number of thiophene rings is 1. The number of oxazole rings is 1. The van der Waals surface area contributed by atoms with Gasteiger partial charge in [0.2, 0.25) is 5.89 Å². The SMILES string of the molecule is NC1CC2CCC(C1)N2Cc1coc(-c2cccs2)n1. The lowest BCUT2D eigenvalue weighted by atomic mass is 9.98. The molecule has 0 spiro atoms. The summed E-state index contributed by atoms with van der Waals surface area (Å²) in [6.07, 6.45) is 6.64. The van der Waals surface area contributed by atoms with E-state index >= 15 is 0 Å². The summed E-state index contributed by atoms with van der Waals surface area (Å²) in [5, 5.41) is 2.05. The van der Waals surface area contributed by atoms with Crippen LogP contribution < -0.4 is 5.73 Å². The van der Waals surface area contributed by atoms with Crippen molar-refractivity contribution in [2.24, 2.45) is 5.73 Å². The fourth-order valence-corrected chi connectivity index (χ4v) is 4.31. The fourth-order valence-electron chi connectivity index (χ4n) is 3.65. The number of nitrogens with zero attached hydrogens (tertiary/aromatic N) is 2. The number of nitrogens with two attached hydrogens (primary N) is 1. The molecule has 4 heterocycles. The molecule has 2 saturated heterocycles. The van der Waals surface area contributed by atoms with Crippen LogP contribution in [0, 0.1) is 0 Å². The third kappa shape index (κ3) is 2.20. The summed E-state index contributed by atoms with van der Waals surface area (Å²) in [6.45, 7) is 0.900. The quantitative estimate of drug-likeness (QED) is 0.944. The summed E-state index contributed by atoms with van der Waals surface area (Å²) < 4.78 is 5.61. The van der Waals surface area contributed by atoms with E-state index in [1.54, 1.807) is 11.3 Å². The number of fused-ring (bicyclic) bond motifs is 2. The molecule has 2 fully saturated rings. The van der Waals surface area contributed by atoms with Crippen molar-refractivity contribution in [3.05, 3.63) is 29.5 Å². The maximum atomic E-state index is 6.12. The van der Waals surface area contributed by atoms with Crippen molar-refractivity contribution in [3.8, 4) is 10.8 Å². The van der Waals surface area contributed by atoms with Gasteiger partial charge < -0.3 is 10.2 Å². The molecule has 0 saturated carbocycles. The fraction of sp³-hybridized carbons (Fsp3) is 0.533. The van der Waals surface area contributed by atoms with E-state index in [0.717, 1.165) is 35.8 Å². The Morgan fingerprint density at radius 3 is 2.85 bits per heavy atom. The van der Waals surface area contributed by atoms with Gasteiger partial charge in [-0.3, -0.25) is 4.90 Å². The highest BCUT2D eigenvalue weighted by Crippen LogP contribution is 2.36. The van der Waals surface area contributed by atoms with Crippen LogP contribution in [0.25, 0.3) is 10.8 Å². The molecule has 2 N–H and O–H groups in total. The standard InChI is InChI=1S/C15H19N3OS/c16-10-6-12-3-4-13(7-10)18(12)8-11-9-19-15(17-11)14-2-1-5-20-14/h1-2,5,9-10,12-13H,3-4,6-8,16H2. The molecule has 20 heavy (non-hydrogen) atoms. The second-order valence-corrected chi connectivity index (χ2v) is 6.86. The van der Waals surface area contributed by atoms with Gasteiger partial charge in [-0.2, -0.15) is 0 Å². The molecule has 0 aliphatic carbocycles. The summed E-state index contributed by atoms with van der Waals surface area (Å²) in [5.74, 6) is 0.746. The second kappa shape index (κ2) is 4.98. The Hall–Kier alpha value is -1.17. The van der Waals surface area contributed by atoms with E-state index in [1.807, 2.05) is 23.8 Å². The van der Waals surface area contributed by atoms with E-state index in [0.29, 0.717) is 18.1 Å². The molecule has 2 bridgehead atoms. The maximum absolute atomic E-state index is 6.12. The van der Waals surface area contributed by atoms with Crippen LogP contribution in [0.1, 0.15) is 31.4 Å². The highest BCUT2D eigenvalue weighted by Gasteiger charge is 2.39. The first-order valence-corrected chi connectivity index (χ1v) is 8.17. The molecule has 0 radical (unpaired) electrons. The van der Waals surface area contributed by atoms with Gasteiger partial charge in [-0.15, -0.1) is 11.3 Å². The van der Waals surface area contributed by atoms with Gasteiger partial charge in [-0.25, -0.2) is 4.98 Å². The lowest BCUT2D eigenvalue weighted by molar-refractivity contribution is 0.118. The molecule has 2 aliphatic heterocycles. The third-order valence-electron chi connectivity index (χ3n) is 4.55. The predicted molar refractivity (Wildman–Crippen MR) is 79.4 cm³/mol. The summed E-state index contributed by atoms with van der Waals surface area (Å²) in [4.78, 5) is 8.31. The lowest BCUT2D eigenvalue weighted by Gasteiger charge is -2.37. The molecule has 2 aromatic rings. The molecule has 4 rings (SSSR count). The van der Waals surface area contributed by atoms with Crippen LogP contribution in [-0.4, -0.2) is 28.0 Å². The molecular formula is C15H19N3OS. The minimum absolute atomic E-state index is 0.391. The zero-order valence-corrected chi connectivity index (χ0v) is 12.2. The van der Waals surface area contributed by atoms with Gasteiger partial charge in [-0.05, 0) is 37.1 Å². The average molecular weight is 289 g/mol. The molecule has 2 unspecified atom stereocenters. The monoisotopic (exact) mass is 289 g/mol. The van der Waals surface area contributed by atoms with Gasteiger partial charge in [0, 0.05) is 24.7 Å². The van der Waals surface area contributed by atoms with Gasteiger partial charge >= 0.3 is 0 Å². The van der Waals surface area contributed by atoms with Crippen molar-refractivity contribution in [1.29, 1.82) is 0 Å². The van der Waals surface area contributed by atoms with Crippen LogP contribution in [0.5, 0.6) is 0 Å². The minimum Gasteiger partial charge on any atom is -0.444 e. The van der Waals surface area contributed by atoms with Crippen molar-refractivity contribution in [2.75, 3.05) is 0 Å². The number of rotatable bonds is 3. The van der Waals surface area contributed by atoms with Gasteiger partial charge in [0.25, 0.3) is 0 Å². The van der Waals surface area contributed by atoms with E-state index in [1.165, 1.54) is 12.8 Å². The highest BCUT2D eigenvalue weighted by molar-refractivity contribution is 7.13. The first kappa shape index (κ1) is 12.6. The molecule has 0 amide bonds. The van der Waals surface area contributed by atoms with Crippen molar-refractivity contribution < 1.29 is 4.42 Å². The maximum Gasteiger partial charge on any atom is 0.236 e. The first-order valence-electron chi connectivity index (χ1n) is 7.29. The zero-order valence-electron chi connectivity index (χ0n) is 11.4. The zero-order chi connectivity index (χ0) is 13.5. The van der Waals surface area contributed by atoms with Crippen LogP contribution in [0.2, 0.25) is 0 Å². The Balaban J connectivity index is 1.50. The number of piperidine rings is 1. The lowest BCUT2D eigenvalue weighted by Crippen LogP contribution is -2.46. The van der Waals surface area contributed by atoms with Gasteiger partial charge in [0.05, 0.1) is 10.6 Å². The Labute approximate surface area is 122 Å². The molecule has 0 aromatic carbocycles. The largest absolute Gasteiger partial charge is 0.444 e. The first-order chi connectivity index (χ1) is 9.79. The van der Waals surface area contributed by atoms with Crippen molar-refractivity contribution in [1.82, 2.24) is 9.88 Å². The summed E-state index contributed by atoms with van der Waals surface area (Å²) in [6, 6.07) is 5.75. The van der Waals surface area contributed by atoms with Crippen LogP contribution in [-0.2, 0) is 6.54 Å². The Morgan fingerprint density at radius 2 is 2.15 bits per heavy atom. The molecule has 2 aromatic heterocycles. The van der Waals surface area contributed by atoms with Gasteiger partial charge in [-0.1, -0.05) is 6.07 Å². The third-order valence-corrected chi connectivity index (χ3v) is 5.41. The molecule has 2 aliphatic rings. The van der Waals surface area contributed by atoms with Crippen LogP contribution in [0.3, 0.4) is 0 Å². The second-order valence-electron chi connectivity index (χ2n) is 5.91. The minimum atomic E-state index is 0.391. The smallest absolute Gasteiger partial charge is 0.236 e. The van der Waals surface area contributed by atoms with E-state index in [2.05, 4.69) is 9.88 Å². The van der Waals surface area contributed by atoms with Crippen molar-refractivity contribution in [2.45, 2.75) is 50.4 Å². The summed E-state index contributed by atoms with van der Waals surface area (Å²) in [5.41, 5.74) is 7.16. The Morgan fingerprint density at radius 1 is 1.35 bits per heavy atom. The predicted octanol–water partition coefficient (Wildman–Crippen LogP) is 2.86. The average Bonchev–Trinajstić information content (AvgIpc) is 3.12.